The maximum absolute atomic E-state index is 12.4. The lowest BCUT2D eigenvalue weighted by Crippen LogP contribution is -2.10. The largest absolute Gasteiger partial charge is 0.465 e. The fourth-order valence-corrected chi connectivity index (χ4v) is 3.19. The van der Waals surface area contributed by atoms with Gasteiger partial charge in [-0.2, -0.15) is 5.10 Å². The van der Waals surface area contributed by atoms with E-state index >= 15 is 0 Å². The van der Waals surface area contributed by atoms with Crippen LogP contribution < -0.4 is 0 Å². The molecule has 0 N–H and O–H groups in total. The van der Waals surface area contributed by atoms with Crippen LogP contribution in [0.3, 0.4) is 0 Å². The molecular weight excluding hydrogens is 320 g/mol. The van der Waals surface area contributed by atoms with Gasteiger partial charge in [-0.15, -0.1) is 0 Å². The van der Waals surface area contributed by atoms with Gasteiger partial charge in [-0.25, -0.2) is 14.1 Å². The quantitative estimate of drug-likeness (QED) is 0.416. The van der Waals surface area contributed by atoms with Gasteiger partial charge in [-0.3, -0.25) is 0 Å². The standard InChI is InChI=1S/C19H14N2O4/c1-24-18(22)15-16(19(23)25-2)20-21-14-10-6-5-8-12(14)11-7-3-4-9-13(11)17(15)21/h3-10H,1-2H3. The Labute approximate surface area is 142 Å². The van der Waals surface area contributed by atoms with E-state index in [4.69, 9.17) is 9.47 Å². The molecule has 0 aliphatic heterocycles. The number of carbonyl (C=O) groups excluding carboxylic acids is 2. The molecule has 0 unspecified atom stereocenters. The van der Waals surface area contributed by atoms with Gasteiger partial charge in [0.1, 0.15) is 5.56 Å². The summed E-state index contributed by atoms with van der Waals surface area (Å²) in [4.78, 5) is 24.6. The topological polar surface area (TPSA) is 69.9 Å². The van der Waals surface area contributed by atoms with E-state index in [2.05, 4.69) is 5.10 Å². The summed E-state index contributed by atoms with van der Waals surface area (Å²) in [6.07, 6.45) is 0. The number of esters is 2. The van der Waals surface area contributed by atoms with E-state index in [9.17, 15) is 9.59 Å². The molecular formula is C19H14N2O4. The van der Waals surface area contributed by atoms with Crippen molar-refractivity contribution < 1.29 is 19.1 Å². The third-order valence-electron chi connectivity index (χ3n) is 4.26. The molecule has 0 amide bonds. The second kappa shape index (κ2) is 5.59. The van der Waals surface area contributed by atoms with E-state index in [0.717, 1.165) is 21.7 Å². The van der Waals surface area contributed by atoms with Gasteiger partial charge in [0.15, 0.2) is 5.69 Å². The highest BCUT2D eigenvalue weighted by Gasteiger charge is 2.28. The molecule has 2 aromatic carbocycles. The highest BCUT2D eigenvalue weighted by atomic mass is 16.5. The summed E-state index contributed by atoms with van der Waals surface area (Å²) in [5.74, 6) is -1.31. The van der Waals surface area contributed by atoms with Crippen molar-refractivity contribution in [1.29, 1.82) is 0 Å². The number of nitrogens with zero attached hydrogens (tertiary/aromatic N) is 2. The van der Waals surface area contributed by atoms with Gasteiger partial charge in [0, 0.05) is 10.8 Å². The molecule has 0 bridgehead atoms. The maximum atomic E-state index is 12.4. The van der Waals surface area contributed by atoms with Crippen molar-refractivity contribution >= 4 is 39.1 Å². The van der Waals surface area contributed by atoms with E-state index < -0.39 is 11.9 Å². The van der Waals surface area contributed by atoms with E-state index in [-0.39, 0.29) is 11.3 Å². The Balaban J connectivity index is 2.32. The molecule has 4 aromatic rings. The zero-order valence-corrected chi connectivity index (χ0v) is 13.6. The normalized spacial score (nSPS) is 11.1. The third kappa shape index (κ3) is 2.07. The molecule has 0 atom stereocenters. The SMILES string of the molecule is COC(=O)c1nn2c3ccccc3c3ccccc3c2c1C(=O)OC. The zero-order chi connectivity index (χ0) is 17.6. The Morgan fingerprint density at radius 3 is 2.12 bits per heavy atom. The van der Waals surface area contributed by atoms with Crippen LogP contribution in [0.2, 0.25) is 0 Å². The molecule has 0 fully saturated rings. The number of benzene rings is 2. The molecule has 0 saturated heterocycles. The first-order valence-corrected chi connectivity index (χ1v) is 7.66. The molecule has 4 rings (SSSR count). The first-order valence-electron chi connectivity index (χ1n) is 7.66. The highest BCUT2D eigenvalue weighted by Crippen LogP contribution is 2.32. The van der Waals surface area contributed by atoms with Crippen LogP contribution in [0.5, 0.6) is 0 Å². The number of aromatic nitrogens is 2. The number of hydrogen-bond acceptors (Lipinski definition) is 5. The van der Waals surface area contributed by atoms with E-state index in [1.807, 2.05) is 48.5 Å². The molecule has 124 valence electrons. The molecule has 2 aromatic heterocycles. The van der Waals surface area contributed by atoms with Gasteiger partial charge >= 0.3 is 11.9 Å². The number of rotatable bonds is 2. The van der Waals surface area contributed by atoms with Gasteiger partial charge in [0.05, 0.1) is 25.3 Å². The van der Waals surface area contributed by atoms with Crippen molar-refractivity contribution in [2.75, 3.05) is 14.2 Å². The lowest BCUT2D eigenvalue weighted by atomic mass is 10.0. The van der Waals surface area contributed by atoms with Crippen LogP contribution in [0, 0.1) is 0 Å². The summed E-state index contributed by atoms with van der Waals surface area (Å²) >= 11 is 0. The fourth-order valence-electron chi connectivity index (χ4n) is 3.19. The van der Waals surface area contributed by atoms with Crippen LogP contribution in [-0.4, -0.2) is 35.8 Å². The van der Waals surface area contributed by atoms with Crippen LogP contribution in [0.4, 0.5) is 0 Å². The van der Waals surface area contributed by atoms with Crippen molar-refractivity contribution in [1.82, 2.24) is 9.61 Å². The Hall–Kier alpha value is -3.41. The summed E-state index contributed by atoms with van der Waals surface area (Å²) in [6, 6.07) is 15.4. The third-order valence-corrected chi connectivity index (χ3v) is 4.26. The van der Waals surface area contributed by atoms with Crippen molar-refractivity contribution in [3.63, 3.8) is 0 Å². The number of ether oxygens (including phenoxy) is 2. The summed E-state index contributed by atoms with van der Waals surface area (Å²) in [5, 5.41) is 7.12. The van der Waals surface area contributed by atoms with E-state index in [1.165, 1.54) is 14.2 Å². The first kappa shape index (κ1) is 15.1. The van der Waals surface area contributed by atoms with Crippen LogP contribution in [0.15, 0.2) is 48.5 Å². The van der Waals surface area contributed by atoms with Crippen LogP contribution in [0.25, 0.3) is 27.2 Å². The molecule has 2 heterocycles. The number of fused-ring (bicyclic) bond motifs is 6. The van der Waals surface area contributed by atoms with Crippen molar-refractivity contribution in [3.8, 4) is 0 Å². The number of methoxy groups -OCH3 is 2. The summed E-state index contributed by atoms with van der Waals surface area (Å²) in [7, 11) is 2.53. The van der Waals surface area contributed by atoms with E-state index in [0.29, 0.717) is 5.52 Å². The van der Waals surface area contributed by atoms with Gasteiger partial charge in [0.25, 0.3) is 0 Å². The predicted molar refractivity (Wildman–Crippen MR) is 92.9 cm³/mol. The van der Waals surface area contributed by atoms with Gasteiger partial charge in [-0.05, 0) is 11.5 Å². The Morgan fingerprint density at radius 2 is 1.44 bits per heavy atom. The molecule has 0 spiro atoms. The van der Waals surface area contributed by atoms with Crippen LogP contribution in [0.1, 0.15) is 20.8 Å². The molecule has 6 nitrogen and oxygen atoms in total. The Kier molecular flexibility index (Phi) is 3.39. The lowest BCUT2D eigenvalue weighted by Gasteiger charge is -2.08. The summed E-state index contributed by atoms with van der Waals surface area (Å²) in [5.41, 5.74) is 1.37. The van der Waals surface area contributed by atoms with Crippen molar-refractivity contribution in [2.24, 2.45) is 0 Å². The summed E-state index contributed by atoms with van der Waals surface area (Å²) in [6.45, 7) is 0. The van der Waals surface area contributed by atoms with Crippen LogP contribution in [-0.2, 0) is 9.47 Å². The Morgan fingerprint density at radius 1 is 0.840 bits per heavy atom. The minimum Gasteiger partial charge on any atom is -0.465 e. The monoisotopic (exact) mass is 334 g/mol. The second-order valence-electron chi connectivity index (χ2n) is 5.53. The second-order valence-corrected chi connectivity index (χ2v) is 5.53. The maximum Gasteiger partial charge on any atom is 0.359 e. The predicted octanol–water partition coefficient (Wildman–Crippen LogP) is 3.21. The number of para-hydroxylation sites is 1. The molecule has 6 heteroatoms. The number of pyridine rings is 1. The first-order chi connectivity index (χ1) is 12.2. The average Bonchev–Trinajstić information content (AvgIpc) is 3.08. The minimum absolute atomic E-state index is 0.0594. The molecule has 0 aliphatic carbocycles. The average molecular weight is 334 g/mol. The minimum atomic E-state index is -0.683. The highest BCUT2D eigenvalue weighted by molar-refractivity contribution is 6.19. The van der Waals surface area contributed by atoms with E-state index in [1.54, 1.807) is 4.52 Å². The van der Waals surface area contributed by atoms with Crippen LogP contribution >= 0.6 is 0 Å². The molecule has 0 saturated carbocycles. The lowest BCUT2D eigenvalue weighted by molar-refractivity contribution is 0.0553. The van der Waals surface area contributed by atoms with Gasteiger partial charge in [-0.1, -0.05) is 42.5 Å². The summed E-state index contributed by atoms with van der Waals surface area (Å²) < 4.78 is 11.3. The van der Waals surface area contributed by atoms with Gasteiger partial charge < -0.3 is 9.47 Å². The molecule has 0 aliphatic rings. The fraction of sp³-hybridized carbons (Fsp3) is 0.105. The van der Waals surface area contributed by atoms with Crippen molar-refractivity contribution in [2.45, 2.75) is 0 Å². The smallest absolute Gasteiger partial charge is 0.359 e. The number of hydrogen-bond donors (Lipinski definition) is 0. The molecule has 25 heavy (non-hydrogen) atoms. The van der Waals surface area contributed by atoms with Gasteiger partial charge in [0.2, 0.25) is 0 Å². The molecule has 0 radical (unpaired) electrons. The zero-order valence-electron chi connectivity index (χ0n) is 13.6. The van der Waals surface area contributed by atoms with Crippen molar-refractivity contribution in [3.05, 3.63) is 59.8 Å². The number of carbonyl (C=O) groups is 2. The Bertz CT molecular complexity index is 1160.